The number of likely N-dealkylation sites (N-methyl/N-ethyl adjacent to an activating group) is 1. The number of nitrogens with two attached hydrogens (primary N) is 1. The van der Waals surface area contributed by atoms with Crippen LogP contribution in [0.4, 0.5) is 5.82 Å². The zero-order valence-corrected chi connectivity index (χ0v) is 21.4. The lowest BCUT2D eigenvalue weighted by atomic mass is 10.1. The molecule has 182 valence electrons. The first-order valence-corrected chi connectivity index (χ1v) is 13.8. The van der Waals surface area contributed by atoms with Crippen molar-refractivity contribution in [2.24, 2.45) is 5.14 Å². The Labute approximate surface area is 205 Å². The number of anilines is 1. The van der Waals surface area contributed by atoms with E-state index in [4.69, 9.17) is 19.8 Å². The molecule has 0 amide bonds. The van der Waals surface area contributed by atoms with Gasteiger partial charge in [0.15, 0.2) is 0 Å². The number of pyridine rings is 1. The third-order valence-corrected chi connectivity index (χ3v) is 7.46. The van der Waals surface area contributed by atoms with Crippen LogP contribution in [-0.2, 0) is 16.4 Å². The van der Waals surface area contributed by atoms with Gasteiger partial charge < -0.3 is 14.5 Å². The number of nitrogens with zero attached hydrogens (tertiary/aromatic N) is 4. The minimum atomic E-state index is -3.81. The molecule has 2 aromatic heterocycles. The van der Waals surface area contributed by atoms with Crippen LogP contribution in [0, 0.1) is 0 Å². The summed E-state index contributed by atoms with van der Waals surface area (Å²) in [6.07, 6.45) is 3.41. The largest absolute Gasteiger partial charge is 0.491 e. The second-order valence-electron chi connectivity index (χ2n) is 8.83. The summed E-state index contributed by atoms with van der Waals surface area (Å²) in [6, 6.07) is 8.82. The molecule has 34 heavy (non-hydrogen) atoms. The van der Waals surface area contributed by atoms with Gasteiger partial charge in [-0.05, 0) is 64.2 Å². The summed E-state index contributed by atoms with van der Waals surface area (Å²) in [4.78, 5) is 14.2. The van der Waals surface area contributed by atoms with Crippen LogP contribution in [-0.4, -0.2) is 62.6 Å². The standard InChI is InChI=1S/C24H31N5O3S2/c1-17(2)32-22-7-6-20(34(25,30)31)13-19(22)14-24-27-21(16-33-24)18-5-8-23(26-15-18)29-10-4-9-28(3)11-12-29/h5-8,13,15-17H,4,9-12,14H2,1-3H3,(H2,25,30,31). The van der Waals surface area contributed by atoms with Crippen LogP contribution in [0.2, 0.25) is 0 Å². The molecule has 8 nitrogen and oxygen atoms in total. The summed E-state index contributed by atoms with van der Waals surface area (Å²) in [7, 11) is -1.65. The van der Waals surface area contributed by atoms with Crippen LogP contribution >= 0.6 is 11.3 Å². The lowest BCUT2D eigenvalue weighted by Gasteiger charge is -2.21. The predicted molar refractivity (Wildman–Crippen MR) is 136 cm³/mol. The van der Waals surface area contributed by atoms with E-state index in [9.17, 15) is 8.42 Å². The quantitative estimate of drug-likeness (QED) is 0.530. The number of hydrogen-bond acceptors (Lipinski definition) is 8. The van der Waals surface area contributed by atoms with Gasteiger partial charge in [0.2, 0.25) is 10.0 Å². The Morgan fingerprint density at radius 3 is 2.68 bits per heavy atom. The molecular weight excluding hydrogens is 470 g/mol. The fourth-order valence-corrected chi connectivity index (χ4v) is 5.32. The number of benzene rings is 1. The summed E-state index contributed by atoms with van der Waals surface area (Å²) in [5, 5.41) is 8.19. The Balaban J connectivity index is 1.52. The molecule has 1 aliphatic heterocycles. The Hall–Kier alpha value is -2.53. The Kier molecular flexibility index (Phi) is 7.51. The molecule has 0 spiro atoms. The third-order valence-electron chi connectivity index (χ3n) is 5.70. The Bertz CT molecular complexity index is 1230. The van der Waals surface area contributed by atoms with Crippen molar-refractivity contribution < 1.29 is 13.2 Å². The molecule has 0 bridgehead atoms. The number of thiazole rings is 1. The van der Waals surface area contributed by atoms with E-state index in [2.05, 4.69) is 29.0 Å². The number of aromatic nitrogens is 2. The zero-order valence-electron chi connectivity index (χ0n) is 19.8. The molecule has 4 rings (SSSR count). The van der Waals surface area contributed by atoms with Gasteiger partial charge in [0, 0.05) is 48.8 Å². The van der Waals surface area contributed by atoms with Crippen LogP contribution in [0.1, 0.15) is 30.8 Å². The van der Waals surface area contributed by atoms with Crippen molar-refractivity contribution >= 4 is 27.2 Å². The smallest absolute Gasteiger partial charge is 0.238 e. The first kappa shape index (κ1) is 24.6. The maximum Gasteiger partial charge on any atom is 0.238 e. The molecule has 1 aliphatic rings. The number of ether oxygens (including phenoxy) is 1. The molecule has 3 aromatic rings. The van der Waals surface area contributed by atoms with Crippen molar-refractivity contribution in [2.45, 2.75) is 37.7 Å². The van der Waals surface area contributed by atoms with Crippen LogP contribution in [0.15, 0.2) is 46.8 Å². The highest BCUT2D eigenvalue weighted by atomic mass is 32.2. The molecule has 0 saturated carbocycles. The Morgan fingerprint density at radius 2 is 1.97 bits per heavy atom. The third kappa shape index (κ3) is 6.12. The van der Waals surface area contributed by atoms with Gasteiger partial charge >= 0.3 is 0 Å². The van der Waals surface area contributed by atoms with Gasteiger partial charge in [0.1, 0.15) is 11.6 Å². The molecule has 1 saturated heterocycles. The van der Waals surface area contributed by atoms with Crippen LogP contribution in [0.5, 0.6) is 5.75 Å². The average Bonchev–Trinajstić information content (AvgIpc) is 3.14. The van der Waals surface area contributed by atoms with Crippen LogP contribution < -0.4 is 14.8 Å². The summed E-state index contributed by atoms with van der Waals surface area (Å²) >= 11 is 1.52. The van der Waals surface area contributed by atoms with Crippen molar-refractivity contribution in [3.05, 3.63) is 52.5 Å². The first-order valence-electron chi connectivity index (χ1n) is 11.4. The van der Waals surface area contributed by atoms with Crippen molar-refractivity contribution in [3.63, 3.8) is 0 Å². The van der Waals surface area contributed by atoms with Gasteiger partial charge in [-0.2, -0.15) is 0 Å². The van der Waals surface area contributed by atoms with Gasteiger partial charge in [-0.3, -0.25) is 0 Å². The molecular formula is C24H31N5O3S2. The van der Waals surface area contributed by atoms with E-state index in [0.29, 0.717) is 12.2 Å². The van der Waals surface area contributed by atoms with Crippen molar-refractivity contribution in [2.75, 3.05) is 38.1 Å². The number of primary sulfonamides is 1. The van der Waals surface area contributed by atoms with E-state index in [1.165, 1.54) is 17.4 Å². The topological polar surface area (TPSA) is 102 Å². The van der Waals surface area contributed by atoms with Gasteiger partial charge in [0.25, 0.3) is 0 Å². The highest BCUT2D eigenvalue weighted by Crippen LogP contribution is 2.29. The van der Waals surface area contributed by atoms with Gasteiger partial charge in [0.05, 0.1) is 21.7 Å². The van der Waals surface area contributed by atoms with E-state index in [-0.39, 0.29) is 11.0 Å². The molecule has 0 radical (unpaired) electrons. The molecule has 10 heteroatoms. The fraction of sp³-hybridized carbons (Fsp3) is 0.417. The van der Waals surface area contributed by atoms with Crippen molar-refractivity contribution in [1.29, 1.82) is 0 Å². The van der Waals surface area contributed by atoms with Crippen molar-refractivity contribution in [3.8, 4) is 17.0 Å². The molecule has 0 atom stereocenters. The molecule has 1 aromatic carbocycles. The maximum atomic E-state index is 11.8. The average molecular weight is 502 g/mol. The van der Waals surface area contributed by atoms with E-state index >= 15 is 0 Å². The SMILES string of the molecule is CC(C)Oc1ccc(S(N)(=O)=O)cc1Cc1nc(-c2ccc(N3CCCN(C)CC3)nc2)cs1. The monoisotopic (exact) mass is 501 g/mol. The summed E-state index contributed by atoms with van der Waals surface area (Å²) in [5.41, 5.74) is 2.54. The first-order chi connectivity index (χ1) is 16.2. The molecule has 2 N–H and O–H groups in total. The van der Waals surface area contributed by atoms with Crippen LogP contribution in [0.25, 0.3) is 11.3 Å². The molecule has 0 aliphatic carbocycles. The highest BCUT2D eigenvalue weighted by molar-refractivity contribution is 7.89. The van der Waals surface area contributed by atoms with E-state index in [0.717, 1.165) is 60.2 Å². The minimum Gasteiger partial charge on any atom is -0.491 e. The normalized spacial score (nSPS) is 15.5. The molecule has 1 fully saturated rings. The second kappa shape index (κ2) is 10.4. The Morgan fingerprint density at radius 1 is 1.15 bits per heavy atom. The summed E-state index contributed by atoms with van der Waals surface area (Å²) in [6.45, 7) is 7.99. The van der Waals surface area contributed by atoms with Gasteiger partial charge in [-0.1, -0.05) is 0 Å². The van der Waals surface area contributed by atoms with Gasteiger partial charge in [-0.25, -0.2) is 23.5 Å². The van der Waals surface area contributed by atoms with Gasteiger partial charge in [-0.15, -0.1) is 11.3 Å². The van der Waals surface area contributed by atoms with Crippen molar-refractivity contribution in [1.82, 2.24) is 14.9 Å². The fourth-order valence-electron chi connectivity index (χ4n) is 3.93. The molecule has 0 unspecified atom stereocenters. The summed E-state index contributed by atoms with van der Waals surface area (Å²) in [5.74, 6) is 1.62. The highest BCUT2D eigenvalue weighted by Gasteiger charge is 2.17. The van der Waals surface area contributed by atoms with Crippen LogP contribution in [0.3, 0.4) is 0 Å². The number of rotatable bonds is 7. The zero-order chi connectivity index (χ0) is 24.3. The lowest BCUT2D eigenvalue weighted by molar-refractivity contribution is 0.240. The number of sulfonamides is 1. The second-order valence-corrected chi connectivity index (χ2v) is 11.3. The number of hydrogen-bond donors (Lipinski definition) is 1. The lowest BCUT2D eigenvalue weighted by Crippen LogP contribution is -2.29. The minimum absolute atomic E-state index is 0.0415. The van der Waals surface area contributed by atoms with E-state index < -0.39 is 10.0 Å². The maximum absolute atomic E-state index is 11.8. The molecule has 3 heterocycles. The predicted octanol–water partition coefficient (Wildman–Crippen LogP) is 3.37. The van der Waals surface area contributed by atoms with E-state index in [1.54, 1.807) is 12.1 Å². The van der Waals surface area contributed by atoms with E-state index in [1.807, 2.05) is 25.4 Å². The summed E-state index contributed by atoms with van der Waals surface area (Å²) < 4.78 is 29.6.